The number of hydrogen-bond donors (Lipinski definition) is 1. The van der Waals surface area contributed by atoms with Crippen LogP contribution in [0.5, 0.6) is 11.5 Å². The van der Waals surface area contributed by atoms with Crippen LogP contribution < -0.4 is 20.3 Å². The summed E-state index contributed by atoms with van der Waals surface area (Å²) in [5.74, 6) is 0.307. The lowest BCUT2D eigenvalue weighted by molar-refractivity contribution is -0.117. The minimum atomic E-state index is -0.448. The Labute approximate surface area is 139 Å². The second-order valence-electron chi connectivity index (χ2n) is 4.66. The van der Waals surface area contributed by atoms with E-state index in [4.69, 9.17) is 9.47 Å². The Morgan fingerprint density at radius 1 is 1.33 bits per heavy atom. The molecule has 2 heterocycles. The maximum Gasteiger partial charge on any atom is 0.279 e. The molecular formula is C14H13N5O4S. The van der Waals surface area contributed by atoms with Crippen molar-refractivity contribution in [1.82, 2.24) is 20.0 Å². The molecule has 0 saturated carbocycles. The molecule has 1 aromatic carbocycles. The molecule has 0 radical (unpaired) electrons. The molecule has 2 aromatic heterocycles. The minimum absolute atomic E-state index is 0.255. The molecule has 9 nitrogen and oxygen atoms in total. The second kappa shape index (κ2) is 6.62. The van der Waals surface area contributed by atoms with Gasteiger partial charge in [0.1, 0.15) is 12.1 Å². The molecule has 1 amide bonds. The fraction of sp³-hybridized carbons (Fsp3) is 0.214. The van der Waals surface area contributed by atoms with E-state index >= 15 is 0 Å². The van der Waals surface area contributed by atoms with E-state index in [9.17, 15) is 9.59 Å². The predicted molar refractivity (Wildman–Crippen MR) is 87.6 cm³/mol. The van der Waals surface area contributed by atoms with Gasteiger partial charge in [0.2, 0.25) is 11.0 Å². The van der Waals surface area contributed by atoms with Crippen molar-refractivity contribution in [3.8, 4) is 11.5 Å². The highest BCUT2D eigenvalue weighted by Gasteiger charge is 2.16. The van der Waals surface area contributed by atoms with E-state index in [1.807, 2.05) is 0 Å². The summed E-state index contributed by atoms with van der Waals surface area (Å²) >= 11 is 1.18. The third-order valence-electron chi connectivity index (χ3n) is 3.26. The maximum absolute atomic E-state index is 12.7. The molecule has 24 heavy (non-hydrogen) atoms. The molecule has 3 aromatic rings. The van der Waals surface area contributed by atoms with Crippen LogP contribution >= 0.6 is 11.3 Å². The molecule has 3 rings (SSSR count). The Balaban J connectivity index is 1.98. The molecule has 0 fully saturated rings. The predicted octanol–water partition coefficient (Wildman–Crippen LogP) is 0.904. The fourth-order valence-corrected chi connectivity index (χ4v) is 2.68. The van der Waals surface area contributed by atoms with Crippen LogP contribution in [0.15, 0.2) is 28.6 Å². The molecule has 1 N–H and O–H groups in total. The second-order valence-corrected chi connectivity index (χ2v) is 5.50. The summed E-state index contributed by atoms with van der Waals surface area (Å²) in [6.45, 7) is -0.255. The van der Waals surface area contributed by atoms with Gasteiger partial charge < -0.3 is 9.47 Å². The number of amides is 1. The molecule has 124 valence electrons. The summed E-state index contributed by atoms with van der Waals surface area (Å²) in [6, 6.07) is 3.39. The third kappa shape index (κ3) is 2.91. The van der Waals surface area contributed by atoms with Crippen LogP contribution in [0, 0.1) is 0 Å². The van der Waals surface area contributed by atoms with Gasteiger partial charge in [-0.1, -0.05) is 11.3 Å². The summed E-state index contributed by atoms with van der Waals surface area (Å²) < 4.78 is 11.6. The SMILES string of the molecule is COc1ccc2cnn(CC(=O)Nc3nncs3)c(=O)c2c1OC. The molecule has 10 heteroatoms. The monoisotopic (exact) mass is 347 g/mol. The van der Waals surface area contributed by atoms with Crippen molar-refractivity contribution in [2.75, 3.05) is 19.5 Å². The molecular weight excluding hydrogens is 334 g/mol. The van der Waals surface area contributed by atoms with Crippen LogP contribution in [0.4, 0.5) is 5.13 Å². The molecule has 0 bridgehead atoms. The zero-order valence-electron chi connectivity index (χ0n) is 12.8. The van der Waals surface area contributed by atoms with E-state index in [0.29, 0.717) is 27.4 Å². The maximum atomic E-state index is 12.7. The van der Waals surface area contributed by atoms with Gasteiger partial charge in [-0.25, -0.2) is 4.68 Å². The summed E-state index contributed by atoms with van der Waals surface area (Å²) in [6.07, 6.45) is 1.50. The topological polar surface area (TPSA) is 108 Å². The number of rotatable bonds is 5. The molecule has 0 aliphatic heterocycles. The summed E-state index contributed by atoms with van der Waals surface area (Å²) in [5.41, 5.74) is 1.04. The summed E-state index contributed by atoms with van der Waals surface area (Å²) in [7, 11) is 2.93. The Hall–Kier alpha value is -3.01. The van der Waals surface area contributed by atoms with E-state index in [1.54, 1.807) is 12.1 Å². The van der Waals surface area contributed by atoms with Gasteiger partial charge in [-0.15, -0.1) is 10.2 Å². The van der Waals surface area contributed by atoms with E-state index in [2.05, 4.69) is 20.6 Å². The number of hydrogen-bond acceptors (Lipinski definition) is 8. The Morgan fingerprint density at radius 2 is 2.17 bits per heavy atom. The number of ether oxygens (including phenoxy) is 2. The number of carbonyl (C=O) groups is 1. The van der Waals surface area contributed by atoms with Crippen molar-refractivity contribution in [2.45, 2.75) is 6.54 Å². The number of aromatic nitrogens is 4. The van der Waals surface area contributed by atoms with Gasteiger partial charge >= 0.3 is 0 Å². The quantitative estimate of drug-likeness (QED) is 0.730. The molecule has 0 atom stereocenters. The smallest absolute Gasteiger partial charge is 0.279 e. The van der Waals surface area contributed by atoms with Gasteiger partial charge in [0.15, 0.2) is 11.5 Å². The highest BCUT2D eigenvalue weighted by molar-refractivity contribution is 7.13. The Bertz CT molecular complexity index is 938. The average molecular weight is 347 g/mol. The molecule has 0 aliphatic rings. The van der Waals surface area contributed by atoms with Crippen molar-refractivity contribution in [3.63, 3.8) is 0 Å². The summed E-state index contributed by atoms with van der Waals surface area (Å²) in [5, 5.41) is 15.2. The van der Waals surface area contributed by atoms with Gasteiger partial charge in [0.05, 0.1) is 25.8 Å². The average Bonchev–Trinajstić information content (AvgIpc) is 3.09. The highest BCUT2D eigenvalue weighted by Crippen LogP contribution is 2.32. The zero-order valence-corrected chi connectivity index (χ0v) is 13.7. The standard InChI is InChI=1S/C14H13N5O4S/c1-22-9-4-3-8-5-16-19(13(21)11(8)12(9)23-2)6-10(20)17-14-18-15-7-24-14/h3-5,7H,6H2,1-2H3,(H,17,18,20). The Kier molecular flexibility index (Phi) is 4.38. The van der Waals surface area contributed by atoms with Gasteiger partial charge in [0, 0.05) is 5.39 Å². The lowest BCUT2D eigenvalue weighted by Crippen LogP contribution is -2.29. The van der Waals surface area contributed by atoms with Crippen molar-refractivity contribution in [1.29, 1.82) is 0 Å². The van der Waals surface area contributed by atoms with Gasteiger partial charge in [-0.2, -0.15) is 5.10 Å². The molecule has 0 aliphatic carbocycles. The Morgan fingerprint density at radius 3 is 2.83 bits per heavy atom. The first-order valence-corrected chi connectivity index (χ1v) is 7.69. The first-order valence-electron chi connectivity index (χ1n) is 6.81. The van der Waals surface area contributed by atoms with Gasteiger partial charge in [0.25, 0.3) is 5.56 Å². The van der Waals surface area contributed by atoms with Gasteiger partial charge in [-0.3, -0.25) is 14.9 Å². The number of benzene rings is 1. The highest BCUT2D eigenvalue weighted by atomic mass is 32.1. The van der Waals surface area contributed by atoms with Crippen molar-refractivity contribution < 1.29 is 14.3 Å². The van der Waals surface area contributed by atoms with Crippen LogP contribution in [-0.4, -0.2) is 40.1 Å². The molecule has 0 saturated heterocycles. The van der Waals surface area contributed by atoms with E-state index in [1.165, 1.54) is 37.3 Å². The van der Waals surface area contributed by atoms with Crippen LogP contribution in [0.3, 0.4) is 0 Å². The van der Waals surface area contributed by atoms with Crippen LogP contribution in [0.25, 0.3) is 10.8 Å². The number of carbonyl (C=O) groups excluding carboxylic acids is 1. The van der Waals surface area contributed by atoms with Crippen LogP contribution in [0.1, 0.15) is 0 Å². The van der Waals surface area contributed by atoms with E-state index in [0.717, 1.165) is 4.68 Å². The van der Waals surface area contributed by atoms with Crippen LogP contribution in [0.2, 0.25) is 0 Å². The number of methoxy groups -OCH3 is 2. The minimum Gasteiger partial charge on any atom is -0.493 e. The van der Waals surface area contributed by atoms with E-state index < -0.39 is 11.5 Å². The summed E-state index contributed by atoms with van der Waals surface area (Å²) in [4.78, 5) is 24.7. The number of nitrogens with zero attached hydrogens (tertiary/aromatic N) is 4. The van der Waals surface area contributed by atoms with Crippen LogP contribution in [-0.2, 0) is 11.3 Å². The molecule has 0 unspecified atom stereocenters. The largest absolute Gasteiger partial charge is 0.493 e. The van der Waals surface area contributed by atoms with Crippen molar-refractivity contribution >= 4 is 33.1 Å². The zero-order chi connectivity index (χ0) is 17.1. The lowest BCUT2D eigenvalue weighted by atomic mass is 10.1. The van der Waals surface area contributed by atoms with Crippen molar-refractivity contribution in [2.24, 2.45) is 0 Å². The van der Waals surface area contributed by atoms with E-state index in [-0.39, 0.29) is 6.54 Å². The fourth-order valence-electron chi connectivity index (χ4n) is 2.22. The number of fused-ring (bicyclic) bond motifs is 1. The number of nitrogens with one attached hydrogen (secondary N) is 1. The first kappa shape index (κ1) is 15.9. The lowest BCUT2D eigenvalue weighted by Gasteiger charge is -2.11. The number of anilines is 1. The normalized spacial score (nSPS) is 10.6. The van der Waals surface area contributed by atoms with Gasteiger partial charge in [-0.05, 0) is 12.1 Å². The third-order valence-corrected chi connectivity index (χ3v) is 3.87. The first-order chi connectivity index (χ1) is 11.6. The molecule has 0 spiro atoms. The van der Waals surface area contributed by atoms with Crippen molar-refractivity contribution in [3.05, 3.63) is 34.2 Å².